The molecule has 0 saturated heterocycles. The third kappa shape index (κ3) is 4.95. The predicted octanol–water partition coefficient (Wildman–Crippen LogP) is 4.71. The van der Waals surface area contributed by atoms with Gasteiger partial charge in [-0.1, -0.05) is 54.6 Å². The van der Waals surface area contributed by atoms with Crippen LogP contribution in [-0.4, -0.2) is 30.8 Å². The number of carbonyl (C=O) groups is 2. The van der Waals surface area contributed by atoms with E-state index >= 15 is 0 Å². The number of benzene rings is 3. The van der Waals surface area contributed by atoms with Crippen molar-refractivity contribution < 1.29 is 9.59 Å². The fourth-order valence-corrected chi connectivity index (χ4v) is 2.80. The summed E-state index contributed by atoms with van der Waals surface area (Å²) in [6, 6.07) is 25.0. The number of nitrogens with one attached hydrogen (secondary N) is 1. The van der Waals surface area contributed by atoms with Crippen molar-refractivity contribution in [3.8, 4) is 11.1 Å². The van der Waals surface area contributed by atoms with E-state index in [0.29, 0.717) is 11.3 Å². The van der Waals surface area contributed by atoms with E-state index in [1.165, 1.54) is 11.0 Å². The molecule has 0 spiro atoms. The third-order valence-corrected chi connectivity index (χ3v) is 4.20. The Balaban J connectivity index is 1.69. The van der Waals surface area contributed by atoms with Crippen LogP contribution < -0.4 is 5.32 Å². The van der Waals surface area contributed by atoms with E-state index in [1.54, 1.807) is 44.4 Å². The maximum atomic E-state index is 12.3. The van der Waals surface area contributed by atoms with Gasteiger partial charge in [0.2, 0.25) is 5.91 Å². The van der Waals surface area contributed by atoms with Crippen LogP contribution in [0.1, 0.15) is 15.9 Å². The Kier molecular flexibility index (Phi) is 6.02. The molecule has 0 aliphatic heterocycles. The molecular weight excluding hydrogens is 348 g/mol. The summed E-state index contributed by atoms with van der Waals surface area (Å²) in [5.41, 5.74) is 4.28. The first kappa shape index (κ1) is 19.1. The molecule has 0 radical (unpaired) electrons. The van der Waals surface area contributed by atoms with E-state index in [4.69, 9.17) is 0 Å². The van der Waals surface area contributed by atoms with E-state index in [9.17, 15) is 9.59 Å². The summed E-state index contributed by atoms with van der Waals surface area (Å²) >= 11 is 0. The van der Waals surface area contributed by atoms with Crippen molar-refractivity contribution in [2.45, 2.75) is 0 Å². The van der Waals surface area contributed by atoms with Crippen molar-refractivity contribution >= 4 is 23.6 Å². The normalized spacial score (nSPS) is 10.6. The highest BCUT2D eigenvalue weighted by Crippen LogP contribution is 2.20. The number of hydrogen-bond donors (Lipinski definition) is 1. The van der Waals surface area contributed by atoms with E-state index in [0.717, 1.165) is 16.7 Å². The number of nitrogens with zero attached hydrogens (tertiary/aromatic N) is 1. The SMILES string of the molecule is CN(C)C(=O)c1cccc(NC(=O)/C=C/c2cccc(-c3ccccc3)c2)c1. The average Bonchev–Trinajstić information content (AvgIpc) is 2.72. The Morgan fingerprint density at radius 2 is 1.54 bits per heavy atom. The minimum atomic E-state index is -0.250. The lowest BCUT2D eigenvalue weighted by molar-refractivity contribution is -0.111. The number of carbonyl (C=O) groups excluding carboxylic acids is 2. The summed E-state index contributed by atoms with van der Waals surface area (Å²) in [6.45, 7) is 0. The fourth-order valence-electron chi connectivity index (χ4n) is 2.80. The molecular formula is C24H22N2O2. The molecule has 3 aromatic rings. The molecule has 0 unspecified atom stereocenters. The van der Waals surface area contributed by atoms with Gasteiger partial charge in [-0.15, -0.1) is 0 Å². The standard InChI is InChI=1S/C24H22N2O2/c1-26(2)24(28)21-12-7-13-22(17-21)25-23(27)15-14-18-8-6-11-20(16-18)19-9-4-3-5-10-19/h3-17H,1-2H3,(H,25,27)/b15-14+. The van der Waals surface area contributed by atoms with Crippen LogP contribution in [0.2, 0.25) is 0 Å². The molecule has 0 aromatic heterocycles. The van der Waals surface area contributed by atoms with E-state index in [2.05, 4.69) is 17.4 Å². The van der Waals surface area contributed by atoms with Gasteiger partial charge in [0, 0.05) is 31.4 Å². The highest BCUT2D eigenvalue weighted by atomic mass is 16.2. The van der Waals surface area contributed by atoms with E-state index < -0.39 is 0 Å². The third-order valence-electron chi connectivity index (χ3n) is 4.20. The van der Waals surface area contributed by atoms with Gasteiger partial charge in [0.25, 0.3) is 5.91 Å². The Labute approximate surface area is 165 Å². The molecule has 2 amide bonds. The Morgan fingerprint density at radius 3 is 2.29 bits per heavy atom. The summed E-state index contributed by atoms with van der Waals surface area (Å²) in [4.78, 5) is 25.8. The lowest BCUT2D eigenvalue weighted by Crippen LogP contribution is -2.21. The van der Waals surface area contributed by atoms with Crippen molar-refractivity contribution in [2.24, 2.45) is 0 Å². The van der Waals surface area contributed by atoms with Crippen molar-refractivity contribution in [1.29, 1.82) is 0 Å². The Morgan fingerprint density at radius 1 is 0.821 bits per heavy atom. The van der Waals surface area contributed by atoms with Crippen LogP contribution in [0, 0.1) is 0 Å². The molecule has 4 heteroatoms. The van der Waals surface area contributed by atoms with Crippen LogP contribution in [0.25, 0.3) is 17.2 Å². The highest BCUT2D eigenvalue weighted by Gasteiger charge is 2.08. The molecule has 28 heavy (non-hydrogen) atoms. The van der Waals surface area contributed by atoms with Crippen LogP contribution in [-0.2, 0) is 4.79 Å². The molecule has 0 bridgehead atoms. The van der Waals surface area contributed by atoms with Crippen LogP contribution in [0.4, 0.5) is 5.69 Å². The number of rotatable bonds is 5. The lowest BCUT2D eigenvalue weighted by atomic mass is 10.0. The topological polar surface area (TPSA) is 49.4 Å². The number of hydrogen-bond acceptors (Lipinski definition) is 2. The zero-order valence-corrected chi connectivity index (χ0v) is 15.9. The molecule has 140 valence electrons. The van der Waals surface area contributed by atoms with Crippen LogP contribution in [0.3, 0.4) is 0 Å². The molecule has 0 atom stereocenters. The fraction of sp³-hybridized carbons (Fsp3) is 0.0833. The largest absolute Gasteiger partial charge is 0.345 e. The van der Waals surface area contributed by atoms with Crippen LogP contribution in [0.5, 0.6) is 0 Å². The second-order valence-corrected chi connectivity index (χ2v) is 6.59. The van der Waals surface area contributed by atoms with Crippen molar-refractivity contribution in [2.75, 3.05) is 19.4 Å². The van der Waals surface area contributed by atoms with E-state index in [1.807, 2.05) is 42.5 Å². The van der Waals surface area contributed by atoms with E-state index in [-0.39, 0.29) is 11.8 Å². The first-order chi connectivity index (χ1) is 13.5. The molecule has 1 N–H and O–H groups in total. The highest BCUT2D eigenvalue weighted by molar-refractivity contribution is 6.03. The predicted molar refractivity (Wildman–Crippen MR) is 114 cm³/mol. The van der Waals surface area contributed by atoms with Gasteiger partial charge in [0.05, 0.1) is 0 Å². The Bertz CT molecular complexity index is 1010. The second kappa shape index (κ2) is 8.82. The quantitative estimate of drug-likeness (QED) is 0.662. The lowest BCUT2D eigenvalue weighted by Gasteiger charge is -2.11. The summed E-state index contributed by atoms with van der Waals surface area (Å²) in [6.07, 6.45) is 3.27. The zero-order chi connectivity index (χ0) is 19.9. The van der Waals surface area contributed by atoms with Crippen LogP contribution >= 0.6 is 0 Å². The molecule has 0 aliphatic rings. The van der Waals surface area contributed by atoms with Crippen molar-refractivity contribution in [1.82, 2.24) is 4.90 Å². The zero-order valence-electron chi connectivity index (χ0n) is 15.9. The van der Waals surface area contributed by atoms with Gasteiger partial charge >= 0.3 is 0 Å². The summed E-state index contributed by atoms with van der Waals surface area (Å²) < 4.78 is 0. The first-order valence-corrected chi connectivity index (χ1v) is 8.99. The number of amides is 2. The average molecular weight is 370 g/mol. The summed E-state index contributed by atoms with van der Waals surface area (Å²) in [7, 11) is 3.39. The first-order valence-electron chi connectivity index (χ1n) is 8.99. The van der Waals surface area contributed by atoms with Crippen molar-refractivity contribution in [3.63, 3.8) is 0 Å². The molecule has 0 fully saturated rings. The molecule has 0 aliphatic carbocycles. The molecule has 0 saturated carbocycles. The van der Waals surface area contributed by atoms with Gasteiger partial charge < -0.3 is 10.2 Å². The molecule has 3 aromatic carbocycles. The van der Waals surface area contributed by atoms with Crippen LogP contribution in [0.15, 0.2) is 84.9 Å². The smallest absolute Gasteiger partial charge is 0.253 e. The minimum absolute atomic E-state index is 0.107. The Hall–Kier alpha value is -3.66. The van der Waals surface area contributed by atoms with Gasteiger partial charge in [-0.05, 0) is 47.0 Å². The number of anilines is 1. The van der Waals surface area contributed by atoms with Gasteiger partial charge in [0.15, 0.2) is 0 Å². The molecule has 0 heterocycles. The molecule has 4 nitrogen and oxygen atoms in total. The molecule has 3 rings (SSSR count). The second-order valence-electron chi connectivity index (χ2n) is 6.59. The van der Waals surface area contributed by atoms with Crippen molar-refractivity contribution in [3.05, 3.63) is 96.1 Å². The maximum Gasteiger partial charge on any atom is 0.253 e. The summed E-state index contributed by atoms with van der Waals surface area (Å²) in [5.74, 6) is -0.357. The summed E-state index contributed by atoms with van der Waals surface area (Å²) in [5, 5.41) is 2.80. The monoisotopic (exact) mass is 370 g/mol. The van der Waals surface area contributed by atoms with Gasteiger partial charge in [0.1, 0.15) is 0 Å². The van der Waals surface area contributed by atoms with Gasteiger partial charge in [-0.2, -0.15) is 0 Å². The minimum Gasteiger partial charge on any atom is -0.345 e. The van der Waals surface area contributed by atoms with Gasteiger partial charge in [-0.3, -0.25) is 9.59 Å². The maximum absolute atomic E-state index is 12.3. The van der Waals surface area contributed by atoms with Gasteiger partial charge in [-0.25, -0.2) is 0 Å².